The fourth-order valence-electron chi connectivity index (χ4n) is 2.02. The van der Waals surface area contributed by atoms with Gasteiger partial charge in [-0.2, -0.15) is 5.10 Å². The number of rotatable bonds is 4. The molecule has 0 aliphatic rings. The molecule has 112 valence electrons. The van der Waals surface area contributed by atoms with Crippen LogP contribution in [0.3, 0.4) is 0 Å². The lowest BCUT2D eigenvalue weighted by atomic mass is 10.2. The van der Waals surface area contributed by atoms with Crippen LogP contribution in [0.1, 0.15) is 28.7 Å². The Morgan fingerprint density at radius 2 is 2.10 bits per heavy atom. The highest BCUT2D eigenvalue weighted by molar-refractivity contribution is 5.93. The molecular weight excluding hydrogens is 270 g/mol. The molecule has 0 radical (unpaired) electrons. The van der Waals surface area contributed by atoms with Crippen molar-refractivity contribution in [2.75, 3.05) is 12.3 Å². The number of hydrogen-bond acceptors (Lipinski definition) is 5. The Labute approximate surface area is 123 Å². The molecule has 0 amide bonds. The van der Waals surface area contributed by atoms with E-state index in [1.807, 2.05) is 20.9 Å². The minimum atomic E-state index is -0.459. The summed E-state index contributed by atoms with van der Waals surface area (Å²) in [5, 5.41) is 4.29. The molecule has 6 nitrogen and oxygen atoms in total. The fraction of sp³-hybridized carbons (Fsp3) is 0.333. The highest BCUT2D eigenvalue weighted by atomic mass is 16.5. The average Bonchev–Trinajstić information content (AvgIpc) is 2.67. The van der Waals surface area contributed by atoms with E-state index in [9.17, 15) is 4.79 Å². The second-order valence-corrected chi connectivity index (χ2v) is 4.70. The van der Waals surface area contributed by atoms with Crippen LogP contribution in [-0.2, 0) is 11.8 Å². The number of ether oxygens (including phenoxy) is 2. The molecule has 0 fully saturated rings. The fourth-order valence-corrected chi connectivity index (χ4v) is 2.02. The van der Waals surface area contributed by atoms with Crippen molar-refractivity contribution in [1.29, 1.82) is 0 Å². The van der Waals surface area contributed by atoms with E-state index < -0.39 is 5.97 Å². The minimum absolute atomic E-state index is 0.290. The molecule has 2 N–H and O–H groups in total. The van der Waals surface area contributed by atoms with Crippen molar-refractivity contribution in [3.8, 4) is 11.5 Å². The number of aromatic nitrogens is 2. The summed E-state index contributed by atoms with van der Waals surface area (Å²) in [5.74, 6) is 0.577. The summed E-state index contributed by atoms with van der Waals surface area (Å²) < 4.78 is 12.6. The van der Waals surface area contributed by atoms with Gasteiger partial charge < -0.3 is 15.2 Å². The van der Waals surface area contributed by atoms with Crippen molar-refractivity contribution in [2.24, 2.45) is 7.05 Å². The first kappa shape index (κ1) is 14.9. The third kappa shape index (κ3) is 2.99. The monoisotopic (exact) mass is 289 g/mol. The van der Waals surface area contributed by atoms with Crippen LogP contribution in [0.5, 0.6) is 11.5 Å². The lowest BCUT2D eigenvalue weighted by Crippen LogP contribution is -2.07. The molecule has 2 aromatic rings. The molecule has 0 bridgehead atoms. The Morgan fingerprint density at radius 3 is 2.67 bits per heavy atom. The van der Waals surface area contributed by atoms with Gasteiger partial charge in [0.25, 0.3) is 0 Å². The molecule has 1 aromatic carbocycles. The lowest BCUT2D eigenvalue weighted by molar-refractivity contribution is 0.0523. The van der Waals surface area contributed by atoms with Crippen molar-refractivity contribution >= 4 is 11.7 Å². The SMILES string of the molecule is CCOC(=O)c1cc(N)ccc1Oc1c(C)nn(C)c1C. The van der Waals surface area contributed by atoms with Gasteiger partial charge in [0.2, 0.25) is 0 Å². The number of carbonyl (C=O) groups is 1. The van der Waals surface area contributed by atoms with E-state index in [4.69, 9.17) is 15.2 Å². The van der Waals surface area contributed by atoms with E-state index >= 15 is 0 Å². The van der Waals surface area contributed by atoms with E-state index in [0.717, 1.165) is 11.4 Å². The number of benzene rings is 1. The summed E-state index contributed by atoms with van der Waals surface area (Å²) in [7, 11) is 1.84. The number of nitrogens with two attached hydrogens (primary N) is 1. The maximum absolute atomic E-state index is 12.0. The summed E-state index contributed by atoms with van der Waals surface area (Å²) in [6.45, 7) is 5.79. The van der Waals surface area contributed by atoms with E-state index in [1.165, 1.54) is 0 Å². The van der Waals surface area contributed by atoms with Crippen molar-refractivity contribution < 1.29 is 14.3 Å². The van der Waals surface area contributed by atoms with Gasteiger partial charge in [0, 0.05) is 12.7 Å². The number of nitrogens with zero attached hydrogens (tertiary/aromatic N) is 2. The van der Waals surface area contributed by atoms with Crippen molar-refractivity contribution in [3.63, 3.8) is 0 Å². The van der Waals surface area contributed by atoms with Gasteiger partial charge in [-0.15, -0.1) is 0 Å². The Kier molecular flexibility index (Phi) is 4.16. The number of aryl methyl sites for hydroxylation is 2. The predicted molar refractivity (Wildman–Crippen MR) is 79.6 cm³/mol. The summed E-state index contributed by atoms with van der Waals surface area (Å²) in [6, 6.07) is 4.89. The highest BCUT2D eigenvalue weighted by Gasteiger charge is 2.18. The number of anilines is 1. The summed E-state index contributed by atoms with van der Waals surface area (Å²) in [6.07, 6.45) is 0. The zero-order chi connectivity index (χ0) is 15.6. The smallest absolute Gasteiger partial charge is 0.342 e. The van der Waals surface area contributed by atoms with Crippen LogP contribution < -0.4 is 10.5 Å². The number of nitrogen functional groups attached to an aromatic ring is 1. The first-order valence-electron chi connectivity index (χ1n) is 6.68. The number of hydrogen-bond donors (Lipinski definition) is 1. The Balaban J connectivity index is 2.42. The van der Waals surface area contributed by atoms with Gasteiger partial charge in [0.15, 0.2) is 5.75 Å². The van der Waals surface area contributed by atoms with Crippen LogP contribution in [0.2, 0.25) is 0 Å². The largest absolute Gasteiger partial charge is 0.462 e. The van der Waals surface area contributed by atoms with E-state index in [2.05, 4.69) is 5.10 Å². The Hall–Kier alpha value is -2.50. The molecule has 0 saturated heterocycles. The molecule has 0 aliphatic carbocycles. The summed E-state index contributed by atoms with van der Waals surface area (Å²) in [5.41, 5.74) is 8.15. The molecule has 0 spiro atoms. The minimum Gasteiger partial charge on any atom is -0.462 e. The maximum Gasteiger partial charge on any atom is 0.342 e. The van der Waals surface area contributed by atoms with E-state index in [0.29, 0.717) is 22.7 Å². The van der Waals surface area contributed by atoms with E-state index in [1.54, 1.807) is 29.8 Å². The molecule has 0 atom stereocenters. The summed E-state index contributed by atoms with van der Waals surface area (Å²) in [4.78, 5) is 12.0. The van der Waals surface area contributed by atoms with Crippen molar-refractivity contribution in [2.45, 2.75) is 20.8 Å². The molecule has 0 unspecified atom stereocenters. The van der Waals surface area contributed by atoms with Crippen molar-refractivity contribution in [3.05, 3.63) is 35.2 Å². The van der Waals surface area contributed by atoms with Crippen LogP contribution in [0.15, 0.2) is 18.2 Å². The van der Waals surface area contributed by atoms with Crippen LogP contribution in [0.25, 0.3) is 0 Å². The standard InChI is InChI=1S/C15H19N3O3/c1-5-20-15(19)12-8-11(16)6-7-13(12)21-14-9(2)17-18(4)10(14)3/h6-8H,5,16H2,1-4H3. The molecule has 1 aromatic heterocycles. The normalized spacial score (nSPS) is 10.5. The van der Waals surface area contributed by atoms with E-state index in [-0.39, 0.29) is 6.61 Å². The first-order chi connectivity index (χ1) is 9.93. The molecule has 2 rings (SSSR count). The Morgan fingerprint density at radius 1 is 1.38 bits per heavy atom. The predicted octanol–water partition coefficient (Wildman–Crippen LogP) is 2.59. The molecule has 1 heterocycles. The molecule has 0 aliphatic heterocycles. The molecular formula is C15H19N3O3. The zero-order valence-corrected chi connectivity index (χ0v) is 12.6. The van der Waals surface area contributed by atoms with Gasteiger partial charge in [0.05, 0.1) is 12.3 Å². The van der Waals surface area contributed by atoms with Gasteiger partial charge in [-0.25, -0.2) is 4.79 Å². The van der Waals surface area contributed by atoms with Crippen LogP contribution >= 0.6 is 0 Å². The first-order valence-corrected chi connectivity index (χ1v) is 6.68. The van der Waals surface area contributed by atoms with Gasteiger partial charge >= 0.3 is 5.97 Å². The van der Waals surface area contributed by atoms with Crippen LogP contribution in [0, 0.1) is 13.8 Å². The highest BCUT2D eigenvalue weighted by Crippen LogP contribution is 2.31. The second kappa shape index (κ2) is 5.87. The number of esters is 1. The van der Waals surface area contributed by atoms with Crippen LogP contribution in [0.4, 0.5) is 5.69 Å². The number of carbonyl (C=O) groups excluding carboxylic acids is 1. The lowest BCUT2D eigenvalue weighted by Gasteiger charge is -2.11. The average molecular weight is 289 g/mol. The topological polar surface area (TPSA) is 79.4 Å². The van der Waals surface area contributed by atoms with Gasteiger partial charge in [-0.1, -0.05) is 0 Å². The molecule has 6 heteroatoms. The summed E-state index contributed by atoms with van der Waals surface area (Å²) >= 11 is 0. The second-order valence-electron chi connectivity index (χ2n) is 4.70. The third-order valence-corrected chi connectivity index (χ3v) is 3.15. The quantitative estimate of drug-likeness (QED) is 0.691. The van der Waals surface area contributed by atoms with Crippen molar-refractivity contribution in [1.82, 2.24) is 9.78 Å². The molecule has 21 heavy (non-hydrogen) atoms. The van der Waals surface area contributed by atoms with Gasteiger partial charge in [0.1, 0.15) is 17.0 Å². The van der Waals surface area contributed by atoms with Gasteiger partial charge in [-0.3, -0.25) is 4.68 Å². The Bertz CT molecular complexity index is 677. The van der Waals surface area contributed by atoms with Crippen LogP contribution in [-0.4, -0.2) is 22.4 Å². The molecule has 0 saturated carbocycles. The maximum atomic E-state index is 12.0. The zero-order valence-electron chi connectivity index (χ0n) is 12.6. The third-order valence-electron chi connectivity index (χ3n) is 3.15. The van der Waals surface area contributed by atoms with Gasteiger partial charge in [-0.05, 0) is 39.0 Å².